The molecule has 0 saturated carbocycles. The number of carboxylic acids is 1. The minimum Gasteiger partial charge on any atom is -0.480 e. The predicted octanol–water partition coefficient (Wildman–Crippen LogP) is 1.63. The fourth-order valence-electron chi connectivity index (χ4n) is 1.32. The zero-order valence-corrected chi connectivity index (χ0v) is 11.5. The van der Waals surface area contributed by atoms with Crippen LogP contribution in [0, 0.1) is 0 Å². The van der Waals surface area contributed by atoms with Crippen LogP contribution in [0.25, 0.3) is 0 Å². The number of carbonyl (C=O) groups is 2. The van der Waals surface area contributed by atoms with Gasteiger partial charge in [0.1, 0.15) is 6.54 Å². The van der Waals surface area contributed by atoms with Gasteiger partial charge in [0.25, 0.3) is 0 Å². The van der Waals surface area contributed by atoms with Gasteiger partial charge in [-0.05, 0) is 19.1 Å². The maximum atomic E-state index is 11.8. The monoisotopic (exact) mass is 262 g/mol. The second-order valence-corrected chi connectivity index (χ2v) is 5.14. The Morgan fingerprint density at radius 3 is 2.53 bits per heavy atom. The highest BCUT2D eigenvalue weighted by Gasteiger charge is 2.17. The van der Waals surface area contributed by atoms with E-state index < -0.39 is 5.97 Å². The van der Waals surface area contributed by atoms with Crippen molar-refractivity contribution < 1.29 is 14.7 Å². The Morgan fingerprint density at radius 1 is 1.41 bits per heavy atom. The molecule has 0 spiro atoms. The zero-order chi connectivity index (χ0) is 13.3. The second-order valence-electron chi connectivity index (χ2n) is 3.83. The van der Waals surface area contributed by atoms with Gasteiger partial charge in [-0.2, -0.15) is 11.8 Å². The van der Waals surface area contributed by atoms with Crippen LogP contribution in [0.2, 0.25) is 0 Å². The van der Waals surface area contributed by atoms with E-state index in [1.165, 1.54) is 4.90 Å². The van der Waals surface area contributed by atoms with Crippen molar-refractivity contribution in [3.05, 3.63) is 0 Å². The summed E-state index contributed by atoms with van der Waals surface area (Å²) in [5.41, 5.74) is 0. The largest absolute Gasteiger partial charge is 0.480 e. The summed E-state index contributed by atoms with van der Waals surface area (Å²) in [4.78, 5) is 23.7. The Hall–Kier alpha value is -0.910. The smallest absolute Gasteiger partial charge is 0.323 e. The topological polar surface area (TPSA) is 69.6 Å². The second kappa shape index (κ2) is 9.15. The molecule has 5 nitrogen and oxygen atoms in total. The lowest BCUT2D eigenvalue weighted by Gasteiger charge is -2.23. The molecule has 6 heteroatoms. The number of nitrogens with one attached hydrogen (secondary N) is 1. The van der Waals surface area contributed by atoms with Gasteiger partial charge in [-0.1, -0.05) is 13.8 Å². The molecule has 0 aliphatic carbocycles. The number of hydrogen-bond donors (Lipinski definition) is 2. The van der Waals surface area contributed by atoms with Gasteiger partial charge in [-0.25, -0.2) is 4.79 Å². The number of thioether (sulfide) groups is 1. The van der Waals surface area contributed by atoms with Crippen LogP contribution in [-0.4, -0.2) is 52.6 Å². The first kappa shape index (κ1) is 16.1. The number of carbonyl (C=O) groups excluding carboxylic acids is 1. The lowest BCUT2D eigenvalue weighted by atomic mass is 10.4. The summed E-state index contributed by atoms with van der Waals surface area (Å²) in [6, 6.07) is -0.237. The maximum Gasteiger partial charge on any atom is 0.323 e. The number of urea groups is 1. The molecule has 0 fully saturated rings. The normalized spacial score (nSPS) is 11.9. The van der Waals surface area contributed by atoms with E-state index in [9.17, 15) is 9.59 Å². The first-order valence-corrected chi connectivity index (χ1v) is 7.01. The first-order chi connectivity index (χ1) is 8.01. The fourth-order valence-corrected chi connectivity index (χ4v) is 2.00. The zero-order valence-electron chi connectivity index (χ0n) is 10.7. The van der Waals surface area contributed by atoms with Crippen LogP contribution in [0.1, 0.15) is 27.2 Å². The molecule has 0 radical (unpaired) electrons. The molecule has 0 aromatic rings. The van der Waals surface area contributed by atoms with Crippen molar-refractivity contribution in [1.29, 1.82) is 0 Å². The standard InChI is InChI=1S/C11H22N2O3S/c1-4-6-13(7-10(14)15)11(16)12-9(3)8-17-5-2/h9H,4-8H2,1-3H3,(H,12,16)(H,14,15). The van der Waals surface area contributed by atoms with Gasteiger partial charge in [-0.15, -0.1) is 0 Å². The van der Waals surface area contributed by atoms with Crippen molar-refractivity contribution in [3.63, 3.8) is 0 Å². The summed E-state index contributed by atoms with van der Waals surface area (Å²) in [5, 5.41) is 11.5. The van der Waals surface area contributed by atoms with Crippen LogP contribution in [0.4, 0.5) is 4.79 Å². The number of hydrogen-bond acceptors (Lipinski definition) is 3. The highest BCUT2D eigenvalue weighted by atomic mass is 32.2. The number of nitrogens with zero attached hydrogens (tertiary/aromatic N) is 1. The third-order valence-corrected chi connectivity index (χ3v) is 3.19. The molecule has 0 aromatic heterocycles. The number of carboxylic acid groups (broad SMARTS) is 1. The van der Waals surface area contributed by atoms with Gasteiger partial charge < -0.3 is 15.3 Å². The number of rotatable bonds is 8. The van der Waals surface area contributed by atoms with Crippen LogP contribution < -0.4 is 5.32 Å². The molecule has 1 atom stereocenters. The lowest BCUT2D eigenvalue weighted by Crippen LogP contribution is -2.46. The first-order valence-electron chi connectivity index (χ1n) is 5.86. The van der Waals surface area contributed by atoms with Gasteiger partial charge in [0, 0.05) is 18.3 Å². The molecule has 0 aromatic carbocycles. The highest BCUT2D eigenvalue weighted by molar-refractivity contribution is 7.99. The van der Waals surface area contributed by atoms with E-state index in [-0.39, 0.29) is 18.6 Å². The number of aliphatic carboxylic acids is 1. The van der Waals surface area contributed by atoms with E-state index in [4.69, 9.17) is 5.11 Å². The van der Waals surface area contributed by atoms with E-state index in [2.05, 4.69) is 12.2 Å². The van der Waals surface area contributed by atoms with Gasteiger partial charge in [0.05, 0.1) is 0 Å². The van der Waals surface area contributed by atoms with Gasteiger partial charge in [-0.3, -0.25) is 4.79 Å². The van der Waals surface area contributed by atoms with E-state index in [0.717, 1.165) is 17.9 Å². The summed E-state index contributed by atoms with van der Waals surface area (Å²) in [5.74, 6) is 0.868. The third kappa shape index (κ3) is 7.90. The van der Waals surface area contributed by atoms with Crippen LogP contribution in [0.15, 0.2) is 0 Å². The molecule has 2 amide bonds. The van der Waals surface area contributed by atoms with Crippen molar-refractivity contribution in [1.82, 2.24) is 10.2 Å². The van der Waals surface area contributed by atoms with Crippen LogP contribution in [0.3, 0.4) is 0 Å². The van der Waals surface area contributed by atoms with Gasteiger partial charge >= 0.3 is 12.0 Å². The minimum atomic E-state index is -0.982. The molecule has 1 unspecified atom stereocenters. The molecular weight excluding hydrogens is 240 g/mol. The Kier molecular flexibility index (Phi) is 8.66. The summed E-state index contributed by atoms with van der Waals surface area (Å²) < 4.78 is 0. The molecule has 2 N–H and O–H groups in total. The van der Waals surface area contributed by atoms with Crippen molar-refractivity contribution >= 4 is 23.8 Å². The molecule has 0 aliphatic heterocycles. The average molecular weight is 262 g/mol. The summed E-state index contributed by atoms with van der Waals surface area (Å²) in [6.45, 7) is 6.12. The summed E-state index contributed by atoms with van der Waals surface area (Å²) in [6.07, 6.45) is 0.749. The Morgan fingerprint density at radius 2 is 2.06 bits per heavy atom. The summed E-state index contributed by atoms with van der Waals surface area (Å²) >= 11 is 1.75. The van der Waals surface area contributed by atoms with E-state index in [1.807, 2.05) is 13.8 Å². The summed E-state index contributed by atoms with van der Waals surface area (Å²) in [7, 11) is 0. The minimum absolute atomic E-state index is 0.0561. The molecular formula is C11H22N2O3S. The van der Waals surface area contributed by atoms with Gasteiger partial charge in [0.15, 0.2) is 0 Å². The maximum absolute atomic E-state index is 11.8. The third-order valence-electron chi connectivity index (χ3n) is 2.05. The quantitative estimate of drug-likeness (QED) is 0.697. The van der Waals surface area contributed by atoms with Crippen LogP contribution in [0.5, 0.6) is 0 Å². The van der Waals surface area contributed by atoms with Crippen molar-refractivity contribution in [2.45, 2.75) is 33.2 Å². The average Bonchev–Trinajstić information content (AvgIpc) is 2.25. The van der Waals surface area contributed by atoms with Crippen molar-refractivity contribution in [2.24, 2.45) is 0 Å². The van der Waals surface area contributed by atoms with E-state index in [1.54, 1.807) is 11.8 Å². The van der Waals surface area contributed by atoms with Crippen LogP contribution >= 0.6 is 11.8 Å². The van der Waals surface area contributed by atoms with E-state index in [0.29, 0.717) is 6.54 Å². The van der Waals surface area contributed by atoms with E-state index >= 15 is 0 Å². The molecule has 0 heterocycles. The Bertz CT molecular complexity index is 249. The van der Waals surface area contributed by atoms with Crippen LogP contribution in [-0.2, 0) is 4.79 Å². The molecule has 0 rings (SSSR count). The Balaban J connectivity index is 4.16. The molecule has 0 bridgehead atoms. The van der Waals surface area contributed by atoms with Crippen molar-refractivity contribution in [2.75, 3.05) is 24.6 Å². The lowest BCUT2D eigenvalue weighted by molar-refractivity contribution is -0.137. The fraction of sp³-hybridized carbons (Fsp3) is 0.818. The van der Waals surface area contributed by atoms with Gasteiger partial charge in [0.2, 0.25) is 0 Å². The Labute approximate surface area is 107 Å². The molecule has 17 heavy (non-hydrogen) atoms. The predicted molar refractivity (Wildman–Crippen MR) is 70.5 cm³/mol. The SMILES string of the molecule is CCCN(CC(=O)O)C(=O)NC(C)CSCC. The molecule has 0 saturated heterocycles. The highest BCUT2D eigenvalue weighted by Crippen LogP contribution is 2.02. The molecule has 100 valence electrons. The van der Waals surface area contributed by atoms with Crippen molar-refractivity contribution in [3.8, 4) is 0 Å². The number of amides is 2. The molecule has 0 aliphatic rings.